The van der Waals surface area contributed by atoms with Crippen molar-refractivity contribution in [1.29, 1.82) is 0 Å². The first-order valence-corrected chi connectivity index (χ1v) is 10.3. The number of nitro groups is 1. The fourth-order valence-electron chi connectivity index (χ4n) is 4.59. The van der Waals surface area contributed by atoms with Crippen molar-refractivity contribution in [1.82, 2.24) is 9.88 Å². The Morgan fingerprint density at radius 3 is 2.62 bits per heavy atom. The summed E-state index contributed by atoms with van der Waals surface area (Å²) in [5, 5.41) is 11.8. The number of pyridine rings is 1. The highest BCUT2D eigenvalue weighted by molar-refractivity contribution is 5.96. The van der Waals surface area contributed by atoms with Gasteiger partial charge in [-0.25, -0.2) is 0 Å². The van der Waals surface area contributed by atoms with E-state index in [1.54, 1.807) is 24.5 Å². The van der Waals surface area contributed by atoms with Crippen LogP contribution in [0.5, 0.6) is 0 Å². The Bertz CT molecular complexity index is 902. The van der Waals surface area contributed by atoms with Crippen molar-refractivity contribution in [2.24, 2.45) is 5.92 Å². The molecule has 1 aromatic heterocycles. The summed E-state index contributed by atoms with van der Waals surface area (Å²) in [6.07, 6.45) is 7.45. The van der Waals surface area contributed by atoms with Gasteiger partial charge >= 0.3 is 0 Å². The molecule has 3 heterocycles. The van der Waals surface area contributed by atoms with Crippen molar-refractivity contribution in [3.8, 4) is 0 Å². The van der Waals surface area contributed by atoms with Gasteiger partial charge in [0.05, 0.1) is 11.0 Å². The SMILES string of the molecule is CC1CCCN(c2ccc(C(=O)N3CCCC3c3ccncc3)cc2[N+](=O)[O-])C1. The van der Waals surface area contributed by atoms with E-state index in [0.29, 0.717) is 23.7 Å². The lowest BCUT2D eigenvalue weighted by Crippen LogP contribution is -2.35. The number of anilines is 1. The normalized spacial score (nSPS) is 22.0. The van der Waals surface area contributed by atoms with E-state index >= 15 is 0 Å². The van der Waals surface area contributed by atoms with Gasteiger partial charge in [0.2, 0.25) is 0 Å². The molecule has 4 rings (SSSR count). The molecule has 2 atom stereocenters. The molecule has 1 amide bonds. The number of carbonyl (C=O) groups excluding carboxylic acids is 1. The lowest BCUT2D eigenvalue weighted by Gasteiger charge is -2.32. The second kappa shape index (κ2) is 8.19. The topological polar surface area (TPSA) is 79.6 Å². The number of aromatic nitrogens is 1. The number of amides is 1. The summed E-state index contributed by atoms with van der Waals surface area (Å²) < 4.78 is 0. The van der Waals surface area contributed by atoms with E-state index in [4.69, 9.17) is 0 Å². The maximum atomic E-state index is 13.2. The third-order valence-electron chi connectivity index (χ3n) is 6.02. The number of likely N-dealkylation sites (tertiary alicyclic amines) is 1. The van der Waals surface area contributed by atoms with Crippen molar-refractivity contribution in [3.63, 3.8) is 0 Å². The molecule has 0 radical (unpaired) electrons. The molecule has 0 spiro atoms. The van der Waals surface area contributed by atoms with E-state index in [1.807, 2.05) is 17.0 Å². The minimum atomic E-state index is -0.365. The Balaban J connectivity index is 1.62. The average molecular weight is 394 g/mol. The third kappa shape index (κ3) is 3.95. The quantitative estimate of drug-likeness (QED) is 0.573. The molecule has 2 aliphatic rings. The molecule has 0 saturated carbocycles. The minimum Gasteiger partial charge on any atom is -0.366 e. The molecular formula is C22H26N4O3. The molecule has 7 heteroatoms. The minimum absolute atomic E-state index is 0.00724. The summed E-state index contributed by atoms with van der Waals surface area (Å²) in [5.74, 6) is 0.362. The summed E-state index contributed by atoms with van der Waals surface area (Å²) in [7, 11) is 0. The number of piperidine rings is 1. The van der Waals surface area contributed by atoms with Crippen LogP contribution in [0.4, 0.5) is 11.4 Å². The van der Waals surface area contributed by atoms with E-state index in [1.165, 1.54) is 6.07 Å². The molecule has 2 unspecified atom stereocenters. The van der Waals surface area contributed by atoms with E-state index in [9.17, 15) is 14.9 Å². The summed E-state index contributed by atoms with van der Waals surface area (Å²) in [6.45, 7) is 4.45. The summed E-state index contributed by atoms with van der Waals surface area (Å²) in [5.41, 5.74) is 2.07. The average Bonchev–Trinajstić information content (AvgIpc) is 3.23. The molecule has 2 saturated heterocycles. The van der Waals surface area contributed by atoms with Crippen LogP contribution in [0, 0.1) is 16.0 Å². The molecule has 2 fully saturated rings. The van der Waals surface area contributed by atoms with Crippen molar-refractivity contribution in [2.75, 3.05) is 24.5 Å². The van der Waals surface area contributed by atoms with Gasteiger partial charge in [0, 0.05) is 43.7 Å². The first-order valence-electron chi connectivity index (χ1n) is 10.3. The number of hydrogen-bond acceptors (Lipinski definition) is 5. The number of rotatable bonds is 4. The fourth-order valence-corrected chi connectivity index (χ4v) is 4.59. The van der Waals surface area contributed by atoms with Crippen molar-refractivity contribution >= 4 is 17.3 Å². The standard InChI is InChI=1S/C22H26N4O3/c1-16-4-2-12-24(15-16)20-7-6-18(14-21(20)26(28)29)22(27)25-13-3-5-19(25)17-8-10-23-11-9-17/h6-11,14,16,19H,2-5,12-13,15H2,1H3. The Morgan fingerprint density at radius 2 is 1.90 bits per heavy atom. The zero-order valence-electron chi connectivity index (χ0n) is 16.7. The zero-order valence-corrected chi connectivity index (χ0v) is 16.7. The van der Waals surface area contributed by atoms with Crippen LogP contribution >= 0.6 is 0 Å². The van der Waals surface area contributed by atoms with Crippen LogP contribution in [0.25, 0.3) is 0 Å². The van der Waals surface area contributed by atoms with E-state index in [-0.39, 0.29) is 22.6 Å². The van der Waals surface area contributed by atoms with E-state index in [0.717, 1.165) is 44.3 Å². The predicted octanol–water partition coefficient (Wildman–Crippen LogP) is 4.20. The first-order chi connectivity index (χ1) is 14.0. The Labute approximate surface area is 170 Å². The summed E-state index contributed by atoms with van der Waals surface area (Å²) in [4.78, 5) is 32.6. The highest BCUT2D eigenvalue weighted by Gasteiger charge is 2.32. The maximum absolute atomic E-state index is 13.2. The molecule has 2 aliphatic heterocycles. The third-order valence-corrected chi connectivity index (χ3v) is 6.02. The predicted molar refractivity (Wildman–Crippen MR) is 111 cm³/mol. The van der Waals surface area contributed by atoms with Crippen LogP contribution in [0.1, 0.15) is 54.6 Å². The van der Waals surface area contributed by atoms with Crippen LogP contribution in [0.3, 0.4) is 0 Å². The summed E-state index contributed by atoms with van der Waals surface area (Å²) in [6, 6.07) is 8.80. The van der Waals surface area contributed by atoms with Crippen molar-refractivity contribution < 1.29 is 9.72 Å². The molecule has 0 aliphatic carbocycles. The zero-order chi connectivity index (χ0) is 20.4. The van der Waals surface area contributed by atoms with E-state index < -0.39 is 0 Å². The van der Waals surface area contributed by atoms with Gasteiger partial charge in [-0.3, -0.25) is 19.9 Å². The van der Waals surface area contributed by atoms with Gasteiger partial charge in [0.25, 0.3) is 11.6 Å². The van der Waals surface area contributed by atoms with Crippen LogP contribution in [0.15, 0.2) is 42.7 Å². The van der Waals surface area contributed by atoms with Crippen LogP contribution in [0.2, 0.25) is 0 Å². The van der Waals surface area contributed by atoms with Gasteiger partial charge in [-0.1, -0.05) is 6.92 Å². The van der Waals surface area contributed by atoms with Gasteiger partial charge in [-0.15, -0.1) is 0 Å². The fraction of sp³-hybridized carbons (Fsp3) is 0.455. The maximum Gasteiger partial charge on any atom is 0.293 e. The number of nitrogens with zero attached hydrogens (tertiary/aromatic N) is 4. The lowest BCUT2D eigenvalue weighted by molar-refractivity contribution is -0.384. The van der Waals surface area contributed by atoms with Crippen molar-refractivity contribution in [2.45, 2.75) is 38.6 Å². The Kier molecular flexibility index (Phi) is 5.47. The largest absolute Gasteiger partial charge is 0.366 e. The highest BCUT2D eigenvalue weighted by atomic mass is 16.6. The molecule has 7 nitrogen and oxygen atoms in total. The van der Waals surface area contributed by atoms with Crippen LogP contribution in [-0.2, 0) is 0 Å². The van der Waals surface area contributed by atoms with Gasteiger partial charge in [0.1, 0.15) is 5.69 Å². The van der Waals surface area contributed by atoms with Crippen LogP contribution < -0.4 is 4.90 Å². The Morgan fingerprint density at radius 1 is 1.14 bits per heavy atom. The molecule has 29 heavy (non-hydrogen) atoms. The lowest BCUT2D eigenvalue weighted by atomic mass is 9.99. The molecule has 0 bridgehead atoms. The van der Waals surface area contributed by atoms with Gasteiger partial charge in [-0.05, 0) is 61.4 Å². The molecule has 2 aromatic rings. The van der Waals surface area contributed by atoms with Gasteiger partial charge in [0.15, 0.2) is 0 Å². The number of hydrogen-bond donors (Lipinski definition) is 0. The summed E-state index contributed by atoms with van der Waals surface area (Å²) >= 11 is 0. The van der Waals surface area contributed by atoms with Crippen LogP contribution in [-0.4, -0.2) is 40.3 Å². The molecule has 1 aromatic carbocycles. The number of carbonyl (C=O) groups is 1. The first kappa shape index (κ1) is 19.4. The smallest absolute Gasteiger partial charge is 0.293 e. The van der Waals surface area contributed by atoms with Gasteiger partial charge in [-0.2, -0.15) is 0 Å². The number of benzene rings is 1. The van der Waals surface area contributed by atoms with Crippen molar-refractivity contribution in [3.05, 3.63) is 64.0 Å². The van der Waals surface area contributed by atoms with E-state index in [2.05, 4.69) is 16.8 Å². The number of nitro benzene ring substituents is 1. The molecule has 0 N–H and O–H groups in total. The molecule has 152 valence electrons. The highest BCUT2D eigenvalue weighted by Crippen LogP contribution is 2.36. The second-order valence-electron chi connectivity index (χ2n) is 8.09. The Hall–Kier alpha value is -2.96. The van der Waals surface area contributed by atoms with Gasteiger partial charge < -0.3 is 9.80 Å². The second-order valence-corrected chi connectivity index (χ2v) is 8.09. The monoisotopic (exact) mass is 394 g/mol. The molecular weight excluding hydrogens is 368 g/mol.